The summed E-state index contributed by atoms with van der Waals surface area (Å²) < 4.78 is 7.44. The van der Waals surface area contributed by atoms with E-state index in [-0.39, 0.29) is 12.5 Å². The third-order valence-electron chi connectivity index (χ3n) is 5.90. The van der Waals surface area contributed by atoms with E-state index in [4.69, 9.17) is 10.6 Å². The lowest BCUT2D eigenvalue weighted by Crippen LogP contribution is -2.24. The van der Waals surface area contributed by atoms with Crippen molar-refractivity contribution in [2.24, 2.45) is 0 Å². The van der Waals surface area contributed by atoms with Gasteiger partial charge in [0, 0.05) is 5.69 Å². The summed E-state index contributed by atoms with van der Waals surface area (Å²) in [6.07, 6.45) is 1.000. The van der Waals surface area contributed by atoms with Gasteiger partial charge in [0.1, 0.15) is 12.4 Å². The van der Waals surface area contributed by atoms with E-state index in [1.807, 2.05) is 38.1 Å². The van der Waals surface area contributed by atoms with E-state index < -0.39 is 5.25 Å². The highest BCUT2D eigenvalue weighted by Crippen LogP contribution is 2.30. The van der Waals surface area contributed by atoms with Crippen molar-refractivity contribution in [3.63, 3.8) is 0 Å². The quantitative estimate of drug-likeness (QED) is 0.288. The van der Waals surface area contributed by atoms with Gasteiger partial charge in [0.05, 0.1) is 5.25 Å². The minimum absolute atomic E-state index is 0.108. The monoisotopic (exact) mass is 481 g/mol. The number of nitrogens with zero attached hydrogens (tertiary/aromatic N) is 3. The predicted molar refractivity (Wildman–Crippen MR) is 139 cm³/mol. The number of amides is 1. The molecule has 1 aromatic heterocycles. The molecule has 0 aliphatic heterocycles. The second kappa shape index (κ2) is 11.4. The molecule has 0 fully saturated rings. The van der Waals surface area contributed by atoms with Crippen LogP contribution in [-0.4, -0.2) is 26.0 Å². The maximum absolute atomic E-state index is 12.9. The smallest absolute Gasteiger partial charge is 0.237 e. The van der Waals surface area contributed by atoms with Gasteiger partial charge in [-0.15, -0.1) is 10.2 Å². The molecule has 1 heterocycles. The molecule has 0 saturated heterocycles. The van der Waals surface area contributed by atoms with Crippen molar-refractivity contribution >= 4 is 23.4 Å². The number of aryl methyl sites for hydroxylation is 1. The molecular formula is C26H35N5O2S. The van der Waals surface area contributed by atoms with E-state index in [1.165, 1.54) is 16.4 Å². The normalized spacial score (nSPS) is 13.0. The number of thioether (sulfide) groups is 1. The van der Waals surface area contributed by atoms with Crippen molar-refractivity contribution in [1.29, 1.82) is 0 Å². The molecule has 3 aromatic rings. The molecule has 2 atom stereocenters. The van der Waals surface area contributed by atoms with Gasteiger partial charge in [-0.1, -0.05) is 69.8 Å². The van der Waals surface area contributed by atoms with Crippen LogP contribution in [0.2, 0.25) is 0 Å². The first kappa shape index (κ1) is 25.6. The van der Waals surface area contributed by atoms with E-state index in [9.17, 15) is 4.79 Å². The van der Waals surface area contributed by atoms with Crippen molar-refractivity contribution in [3.8, 4) is 5.75 Å². The maximum Gasteiger partial charge on any atom is 0.237 e. The van der Waals surface area contributed by atoms with Crippen molar-refractivity contribution < 1.29 is 9.53 Å². The molecule has 0 aliphatic rings. The number of anilines is 1. The highest BCUT2D eigenvalue weighted by Gasteiger charge is 2.21. The Labute approximate surface area is 206 Å². The average molecular weight is 482 g/mol. The van der Waals surface area contributed by atoms with Crippen molar-refractivity contribution in [1.82, 2.24) is 14.9 Å². The number of hydrogen-bond acceptors (Lipinski definition) is 6. The minimum atomic E-state index is -0.408. The van der Waals surface area contributed by atoms with E-state index in [0.29, 0.717) is 22.8 Å². The Hall–Kier alpha value is -3.00. The topological polar surface area (TPSA) is 95.1 Å². The van der Waals surface area contributed by atoms with Gasteiger partial charge in [0.2, 0.25) is 11.1 Å². The molecule has 3 N–H and O–H groups in total. The molecule has 2 aromatic carbocycles. The largest absolute Gasteiger partial charge is 0.485 e. The van der Waals surface area contributed by atoms with Crippen LogP contribution in [-0.2, 0) is 11.4 Å². The Balaban J connectivity index is 1.65. The van der Waals surface area contributed by atoms with Gasteiger partial charge in [-0.25, -0.2) is 4.68 Å². The van der Waals surface area contributed by atoms with Gasteiger partial charge < -0.3 is 15.9 Å². The Morgan fingerprint density at radius 1 is 1.12 bits per heavy atom. The molecule has 0 aliphatic carbocycles. The number of hydrogen-bond donors (Lipinski definition) is 2. The predicted octanol–water partition coefficient (Wildman–Crippen LogP) is 5.64. The molecule has 1 amide bonds. The van der Waals surface area contributed by atoms with Crippen LogP contribution in [0.3, 0.4) is 0 Å². The molecule has 0 radical (unpaired) electrons. The Bertz CT molecular complexity index is 1130. The first-order valence-electron chi connectivity index (χ1n) is 11.7. The summed E-state index contributed by atoms with van der Waals surface area (Å²) in [4.78, 5) is 12.9. The van der Waals surface area contributed by atoms with Crippen LogP contribution >= 0.6 is 11.8 Å². The van der Waals surface area contributed by atoms with E-state index in [0.717, 1.165) is 34.5 Å². The van der Waals surface area contributed by atoms with Crippen LogP contribution in [0, 0.1) is 6.92 Å². The average Bonchev–Trinajstić information content (AvgIpc) is 3.16. The summed E-state index contributed by atoms with van der Waals surface area (Å²) in [7, 11) is 0. The van der Waals surface area contributed by atoms with Crippen LogP contribution in [0.1, 0.15) is 75.4 Å². The van der Waals surface area contributed by atoms with E-state index in [1.54, 1.807) is 0 Å². The fraction of sp³-hybridized carbons (Fsp3) is 0.423. The number of aromatic nitrogens is 3. The number of carbonyl (C=O) groups is 1. The maximum atomic E-state index is 12.9. The molecule has 3 rings (SSSR count). The lowest BCUT2D eigenvalue weighted by molar-refractivity contribution is -0.115. The number of carbonyl (C=O) groups excluding carboxylic acids is 1. The molecule has 7 nitrogen and oxygen atoms in total. The summed E-state index contributed by atoms with van der Waals surface area (Å²) >= 11 is 1.27. The van der Waals surface area contributed by atoms with Crippen LogP contribution < -0.4 is 15.9 Å². The van der Waals surface area contributed by atoms with Crippen LogP contribution in [0.25, 0.3) is 0 Å². The Morgan fingerprint density at radius 3 is 2.56 bits per heavy atom. The van der Waals surface area contributed by atoms with E-state index in [2.05, 4.69) is 61.4 Å². The number of nitrogens with one attached hydrogen (secondary N) is 1. The fourth-order valence-corrected chi connectivity index (χ4v) is 4.37. The molecule has 0 spiro atoms. The van der Waals surface area contributed by atoms with Gasteiger partial charge in [0.25, 0.3) is 0 Å². The van der Waals surface area contributed by atoms with Crippen LogP contribution in [0.5, 0.6) is 5.75 Å². The number of nitrogen functional groups attached to an aromatic ring is 1. The molecule has 182 valence electrons. The zero-order valence-corrected chi connectivity index (χ0v) is 21.6. The number of para-hydroxylation sites is 1. The highest BCUT2D eigenvalue weighted by molar-refractivity contribution is 8.00. The van der Waals surface area contributed by atoms with Gasteiger partial charge in [0.15, 0.2) is 5.82 Å². The summed E-state index contributed by atoms with van der Waals surface area (Å²) in [5, 5.41) is 11.5. The van der Waals surface area contributed by atoms with Crippen LogP contribution in [0.15, 0.2) is 47.6 Å². The summed E-state index contributed by atoms with van der Waals surface area (Å²) in [5.41, 5.74) is 4.23. The molecule has 0 bridgehead atoms. The molecule has 0 saturated carbocycles. The molecule has 8 heteroatoms. The molecule has 34 heavy (non-hydrogen) atoms. The summed E-state index contributed by atoms with van der Waals surface area (Å²) in [6.45, 7) is 12.6. The Kier molecular flexibility index (Phi) is 8.61. The van der Waals surface area contributed by atoms with Gasteiger partial charge >= 0.3 is 0 Å². The lowest BCUT2D eigenvalue weighted by atomic mass is 9.97. The third kappa shape index (κ3) is 6.11. The van der Waals surface area contributed by atoms with Gasteiger partial charge in [-0.05, 0) is 60.9 Å². The zero-order chi connectivity index (χ0) is 24.8. The Morgan fingerprint density at radius 2 is 1.85 bits per heavy atom. The standard InChI is InChI=1S/C26H35N5O2S/c1-7-18(5)21-10-8-9-11-22(21)28-25(32)19(6)34-26-30-29-24(31(26)27)15-33-23-14-17(4)12-13-20(23)16(2)3/h8-14,16,18-19H,7,15,27H2,1-6H3,(H,28,32). The first-order chi connectivity index (χ1) is 16.2. The van der Waals surface area contributed by atoms with E-state index >= 15 is 0 Å². The number of ether oxygens (including phenoxy) is 1. The molecular weight excluding hydrogens is 446 g/mol. The van der Waals surface area contributed by atoms with Crippen molar-refractivity contribution in [2.75, 3.05) is 11.2 Å². The highest BCUT2D eigenvalue weighted by atomic mass is 32.2. The lowest BCUT2D eigenvalue weighted by Gasteiger charge is -2.17. The van der Waals surface area contributed by atoms with Crippen molar-refractivity contribution in [2.45, 2.75) is 76.8 Å². The van der Waals surface area contributed by atoms with Gasteiger partial charge in [-0.2, -0.15) is 0 Å². The van der Waals surface area contributed by atoms with Crippen molar-refractivity contribution in [3.05, 3.63) is 65.0 Å². The summed E-state index contributed by atoms with van der Waals surface area (Å²) in [5.74, 6) is 8.14. The zero-order valence-electron chi connectivity index (χ0n) is 20.8. The second-order valence-corrected chi connectivity index (χ2v) is 10.2. The first-order valence-corrected chi connectivity index (χ1v) is 12.6. The summed E-state index contributed by atoms with van der Waals surface area (Å²) in [6, 6.07) is 14.1. The van der Waals surface area contributed by atoms with Crippen LogP contribution in [0.4, 0.5) is 5.69 Å². The molecule has 2 unspecified atom stereocenters. The third-order valence-corrected chi connectivity index (χ3v) is 6.95. The number of benzene rings is 2. The minimum Gasteiger partial charge on any atom is -0.485 e. The fourth-order valence-electron chi connectivity index (χ4n) is 3.58. The number of nitrogens with two attached hydrogens (primary N) is 1. The second-order valence-electron chi connectivity index (χ2n) is 8.90. The van der Waals surface area contributed by atoms with Gasteiger partial charge in [-0.3, -0.25) is 4.79 Å². The number of rotatable bonds is 10. The SMILES string of the molecule is CCC(C)c1ccccc1NC(=O)C(C)Sc1nnc(COc2cc(C)ccc2C(C)C)n1N.